The summed E-state index contributed by atoms with van der Waals surface area (Å²) in [7, 11) is 1.70. The predicted octanol–water partition coefficient (Wildman–Crippen LogP) is 3.48. The molecule has 0 bridgehead atoms. The van der Waals surface area contributed by atoms with E-state index in [0.717, 1.165) is 17.2 Å². The number of anilines is 1. The van der Waals surface area contributed by atoms with E-state index in [-0.39, 0.29) is 0 Å². The molecule has 17 heavy (non-hydrogen) atoms. The van der Waals surface area contributed by atoms with Crippen molar-refractivity contribution in [2.45, 2.75) is 19.8 Å². The van der Waals surface area contributed by atoms with Gasteiger partial charge in [0.05, 0.1) is 16.8 Å². The Kier molecular flexibility index (Phi) is 3.97. The summed E-state index contributed by atoms with van der Waals surface area (Å²) in [5.41, 5.74) is 2.43. The number of thiazole rings is 1. The molecule has 0 fully saturated rings. The molecule has 1 aromatic carbocycles. The summed E-state index contributed by atoms with van der Waals surface area (Å²) in [4.78, 5) is 4.54. The Hall–Kier alpha value is -1.13. The fourth-order valence-electron chi connectivity index (χ4n) is 1.64. The Morgan fingerprint density at radius 3 is 2.94 bits per heavy atom. The van der Waals surface area contributed by atoms with Crippen LogP contribution < -0.4 is 5.32 Å². The Labute approximate surface area is 106 Å². The van der Waals surface area contributed by atoms with Crippen LogP contribution in [0.3, 0.4) is 0 Å². The van der Waals surface area contributed by atoms with Crippen molar-refractivity contribution in [1.82, 2.24) is 4.98 Å². The summed E-state index contributed by atoms with van der Waals surface area (Å²) in [5, 5.41) is 4.24. The highest BCUT2D eigenvalue weighted by Gasteiger charge is 2.05. The first kappa shape index (κ1) is 12.3. The smallest absolute Gasteiger partial charge is 0.183 e. The quantitative estimate of drug-likeness (QED) is 0.825. The van der Waals surface area contributed by atoms with Crippen molar-refractivity contribution >= 4 is 26.7 Å². The number of methoxy groups -OCH3 is 1. The lowest BCUT2D eigenvalue weighted by atomic mass is 10.0. The van der Waals surface area contributed by atoms with E-state index < -0.39 is 0 Å². The summed E-state index contributed by atoms with van der Waals surface area (Å²) in [6, 6.07) is 6.49. The van der Waals surface area contributed by atoms with Crippen LogP contribution in [0.4, 0.5) is 5.13 Å². The number of nitrogens with zero attached hydrogens (tertiary/aromatic N) is 1. The number of rotatable bonds is 5. The maximum Gasteiger partial charge on any atom is 0.183 e. The molecule has 0 aliphatic carbocycles. The van der Waals surface area contributed by atoms with Crippen LogP contribution in [0.2, 0.25) is 0 Å². The summed E-state index contributed by atoms with van der Waals surface area (Å²) >= 11 is 1.70. The van der Waals surface area contributed by atoms with E-state index in [2.05, 4.69) is 42.3 Å². The summed E-state index contributed by atoms with van der Waals surface area (Å²) in [5.74, 6) is 0.561. The molecule has 0 aliphatic heterocycles. The van der Waals surface area contributed by atoms with E-state index in [0.29, 0.717) is 12.5 Å². The minimum Gasteiger partial charge on any atom is -0.383 e. The van der Waals surface area contributed by atoms with Gasteiger partial charge in [-0.3, -0.25) is 0 Å². The minimum atomic E-state index is 0.561. The van der Waals surface area contributed by atoms with Crippen molar-refractivity contribution in [2.24, 2.45) is 0 Å². The molecule has 0 unspecified atom stereocenters. The van der Waals surface area contributed by atoms with E-state index in [4.69, 9.17) is 4.74 Å². The molecule has 92 valence electrons. The third kappa shape index (κ3) is 2.96. The molecule has 1 aromatic heterocycles. The highest BCUT2D eigenvalue weighted by atomic mass is 32.1. The van der Waals surface area contributed by atoms with Gasteiger partial charge in [-0.25, -0.2) is 4.98 Å². The topological polar surface area (TPSA) is 34.1 Å². The number of ether oxygens (including phenoxy) is 1. The molecule has 0 spiro atoms. The summed E-state index contributed by atoms with van der Waals surface area (Å²) in [6.07, 6.45) is 0. The zero-order valence-electron chi connectivity index (χ0n) is 10.5. The normalized spacial score (nSPS) is 11.3. The molecule has 0 aliphatic rings. The predicted molar refractivity (Wildman–Crippen MR) is 74.1 cm³/mol. The molecule has 0 radical (unpaired) electrons. The molecule has 2 rings (SSSR count). The van der Waals surface area contributed by atoms with Gasteiger partial charge < -0.3 is 10.1 Å². The number of hydrogen-bond donors (Lipinski definition) is 1. The van der Waals surface area contributed by atoms with Gasteiger partial charge in [-0.1, -0.05) is 31.3 Å². The number of fused-ring (bicyclic) bond motifs is 1. The van der Waals surface area contributed by atoms with E-state index in [9.17, 15) is 0 Å². The Morgan fingerprint density at radius 1 is 1.41 bits per heavy atom. The van der Waals surface area contributed by atoms with Gasteiger partial charge >= 0.3 is 0 Å². The van der Waals surface area contributed by atoms with Crippen LogP contribution in [0.25, 0.3) is 10.2 Å². The SMILES string of the molecule is COCCNc1nc2ccc(C(C)C)cc2s1. The van der Waals surface area contributed by atoms with Gasteiger partial charge in [0.1, 0.15) is 0 Å². The van der Waals surface area contributed by atoms with Crippen molar-refractivity contribution in [3.8, 4) is 0 Å². The Morgan fingerprint density at radius 2 is 2.24 bits per heavy atom. The van der Waals surface area contributed by atoms with Crippen LogP contribution in [0, 0.1) is 0 Å². The van der Waals surface area contributed by atoms with Crippen molar-refractivity contribution in [2.75, 3.05) is 25.6 Å². The van der Waals surface area contributed by atoms with Crippen LogP contribution in [-0.4, -0.2) is 25.2 Å². The average molecular weight is 250 g/mol. The molecule has 0 amide bonds. The zero-order chi connectivity index (χ0) is 12.3. The molecule has 1 N–H and O–H groups in total. The molecule has 0 saturated carbocycles. The summed E-state index contributed by atoms with van der Waals surface area (Å²) < 4.78 is 6.25. The highest BCUT2D eigenvalue weighted by molar-refractivity contribution is 7.22. The lowest BCUT2D eigenvalue weighted by Gasteiger charge is -2.03. The lowest BCUT2D eigenvalue weighted by Crippen LogP contribution is -2.06. The van der Waals surface area contributed by atoms with Crippen molar-refractivity contribution < 1.29 is 4.74 Å². The first-order chi connectivity index (χ1) is 8.20. The zero-order valence-corrected chi connectivity index (χ0v) is 11.3. The standard InChI is InChI=1S/C13H18N2OS/c1-9(2)10-4-5-11-12(8-10)17-13(15-11)14-6-7-16-3/h4-5,8-9H,6-7H2,1-3H3,(H,14,15). The van der Waals surface area contributed by atoms with Crippen LogP contribution in [0.15, 0.2) is 18.2 Å². The van der Waals surface area contributed by atoms with Gasteiger partial charge in [-0.2, -0.15) is 0 Å². The molecular weight excluding hydrogens is 232 g/mol. The molecule has 4 heteroatoms. The molecule has 0 saturated heterocycles. The number of benzene rings is 1. The minimum absolute atomic E-state index is 0.561. The second kappa shape index (κ2) is 5.47. The molecule has 0 atom stereocenters. The fourth-order valence-corrected chi connectivity index (χ4v) is 2.58. The number of hydrogen-bond acceptors (Lipinski definition) is 4. The van der Waals surface area contributed by atoms with E-state index in [1.165, 1.54) is 10.3 Å². The van der Waals surface area contributed by atoms with Gasteiger partial charge in [0.25, 0.3) is 0 Å². The monoisotopic (exact) mass is 250 g/mol. The highest BCUT2D eigenvalue weighted by Crippen LogP contribution is 2.28. The third-order valence-electron chi connectivity index (χ3n) is 2.66. The van der Waals surface area contributed by atoms with E-state index >= 15 is 0 Å². The first-order valence-electron chi connectivity index (χ1n) is 5.84. The Bertz CT molecular complexity index is 493. The van der Waals surface area contributed by atoms with Crippen LogP contribution in [0.1, 0.15) is 25.3 Å². The van der Waals surface area contributed by atoms with Gasteiger partial charge in [0.15, 0.2) is 5.13 Å². The Balaban J connectivity index is 2.18. The fraction of sp³-hybridized carbons (Fsp3) is 0.462. The van der Waals surface area contributed by atoms with Crippen LogP contribution in [-0.2, 0) is 4.74 Å². The van der Waals surface area contributed by atoms with E-state index in [1.54, 1.807) is 18.4 Å². The van der Waals surface area contributed by atoms with Gasteiger partial charge in [0.2, 0.25) is 0 Å². The molecular formula is C13H18N2OS. The largest absolute Gasteiger partial charge is 0.383 e. The second-order valence-corrected chi connectivity index (χ2v) is 5.35. The summed E-state index contributed by atoms with van der Waals surface area (Å²) in [6.45, 7) is 5.92. The lowest BCUT2D eigenvalue weighted by molar-refractivity contribution is 0.211. The van der Waals surface area contributed by atoms with Crippen molar-refractivity contribution in [3.05, 3.63) is 23.8 Å². The number of aromatic nitrogens is 1. The molecule has 3 nitrogen and oxygen atoms in total. The van der Waals surface area contributed by atoms with Gasteiger partial charge in [-0.15, -0.1) is 0 Å². The first-order valence-corrected chi connectivity index (χ1v) is 6.65. The maximum absolute atomic E-state index is 5.00. The van der Waals surface area contributed by atoms with Gasteiger partial charge in [-0.05, 0) is 23.6 Å². The van der Waals surface area contributed by atoms with Crippen molar-refractivity contribution in [3.63, 3.8) is 0 Å². The second-order valence-electron chi connectivity index (χ2n) is 4.32. The van der Waals surface area contributed by atoms with Crippen LogP contribution in [0.5, 0.6) is 0 Å². The van der Waals surface area contributed by atoms with Gasteiger partial charge in [0, 0.05) is 13.7 Å². The third-order valence-corrected chi connectivity index (χ3v) is 3.64. The van der Waals surface area contributed by atoms with Crippen LogP contribution >= 0.6 is 11.3 Å². The number of nitrogens with one attached hydrogen (secondary N) is 1. The molecule has 1 heterocycles. The van der Waals surface area contributed by atoms with Crippen molar-refractivity contribution in [1.29, 1.82) is 0 Å². The molecule has 2 aromatic rings. The average Bonchev–Trinajstić information content (AvgIpc) is 2.70. The maximum atomic E-state index is 5.00. The van der Waals surface area contributed by atoms with E-state index in [1.807, 2.05) is 0 Å².